The van der Waals surface area contributed by atoms with Gasteiger partial charge in [0, 0.05) is 36.8 Å². The van der Waals surface area contributed by atoms with Crippen LogP contribution in [0.1, 0.15) is 33.3 Å². The van der Waals surface area contributed by atoms with Crippen LogP contribution in [0.2, 0.25) is 10.0 Å². The minimum atomic E-state index is -0.535. The molecule has 8 heteroatoms. The number of hydrogen-bond acceptors (Lipinski definition) is 3. The first-order chi connectivity index (χ1) is 13.0. The van der Waals surface area contributed by atoms with Crippen LogP contribution >= 0.6 is 23.2 Å². The summed E-state index contributed by atoms with van der Waals surface area (Å²) in [5.74, 6) is 5.91. The number of hydrogen-bond donors (Lipinski definition) is 1. The Hall–Kier alpha value is -2.10. The molecule has 3 amide bonds. The molecule has 1 unspecified atom stereocenters. The van der Waals surface area contributed by atoms with Gasteiger partial charge in [-0.3, -0.25) is 0 Å². The van der Waals surface area contributed by atoms with Gasteiger partial charge in [-0.2, -0.15) is 0 Å². The molecule has 1 fully saturated rings. The fraction of sp³-hybridized carbons (Fsp3) is 0.500. The summed E-state index contributed by atoms with van der Waals surface area (Å²) < 4.78 is 5.36. The molecule has 1 aliphatic rings. The molecular formula is C20H25Cl2N3O3. The summed E-state index contributed by atoms with van der Waals surface area (Å²) in [4.78, 5) is 27.8. The largest absolute Gasteiger partial charge is 0.444 e. The zero-order valence-corrected chi connectivity index (χ0v) is 18.0. The zero-order valence-electron chi connectivity index (χ0n) is 16.5. The Labute approximate surface area is 176 Å². The molecule has 1 aliphatic heterocycles. The molecule has 1 N–H and O–H groups in total. The van der Waals surface area contributed by atoms with E-state index in [4.69, 9.17) is 27.9 Å². The van der Waals surface area contributed by atoms with Crippen LogP contribution in [0.3, 0.4) is 0 Å². The van der Waals surface area contributed by atoms with E-state index in [1.54, 1.807) is 34.9 Å². The highest BCUT2D eigenvalue weighted by Gasteiger charge is 2.27. The van der Waals surface area contributed by atoms with Crippen molar-refractivity contribution < 1.29 is 14.3 Å². The number of carbonyl (C=O) groups is 2. The first-order valence-electron chi connectivity index (χ1n) is 9.05. The molecule has 1 aromatic carbocycles. The maximum Gasteiger partial charge on any atom is 0.410 e. The van der Waals surface area contributed by atoms with Gasteiger partial charge in [0.05, 0.1) is 11.1 Å². The van der Waals surface area contributed by atoms with Crippen molar-refractivity contribution in [3.05, 3.63) is 33.8 Å². The monoisotopic (exact) mass is 425 g/mol. The highest BCUT2D eigenvalue weighted by molar-refractivity contribution is 6.35. The van der Waals surface area contributed by atoms with Crippen LogP contribution in [0.5, 0.6) is 0 Å². The number of amides is 3. The zero-order chi connectivity index (χ0) is 20.9. The molecule has 6 nitrogen and oxygen atoms in total. The summed E-state index contributed by atoms with van der Waals surface area (Å²) in [5, 5.41) is 3.86. The van der Waals surface area contributed by atoms with Gasteiger partial charge in [0.15, 0.2) is 0 Å². The molecule has 0 bridgehead atoms. The first kappa shape index (κ1) is 22.2. The number of rotatable bonds is 1. The third kappa shape index (κ3) is 6.81. The quantitative estimate of drug-likeness (QED) is 0.691. The lowest BCUT2D eigenvalue weighted by Gasteiger charge is -2.35. The molecule has 0 spiro atoms. The van der Waals surface area contributed by atoms with E-state index in [1.165, 1.54) is 0 Å². The average Bonchev–Trinajstić information content (AvgIpc) is 2.59. The van der Waals surface area contributed by atoms with Crippen LogP contribution in [0, 0.1) is 11.8 Å². The number of urea groups is 1. The number of carbonyl (C=O) groups excluding carboxylic acids is 2. The van der Waals surface area contributed by atoms with Crippen molar-refractivity contribution in [3.63, 3.8) is 0 Å². The number of piperazine rings is 1. The van der Waals surface area contributed by atoms with Gasteiger partial charge in [-0.05, 0) is 45.9 Å². The lowest BCUT2D eigenvalue weighted by molar-refractivity contribution is 0.0169. The summed E-state index contributed by atoms with van der Waals surface area (Å²) in [6, 6.07) is 4.50. The van der Waals surface area contributed by atoms with Gasteiger partial charge >= 0.3 is 12.1 Å². The predicted molar refractivity (Wildman–Crippen MR) is 111 cm³/mol. The van der Waals surface area contributed by atoms with Crippen LogP contribution in [0.15, 0.2) is 18.2 Å². The van der Waals surface area contributed by atoms with E-state index in [2.05, 4.69) is 17.2 Å². The summed E-state index contributed by atoms with van der Waals surface area (Å²) in [7, 11) is 0. The molecule has 0 aliphatic carbocycles. The summed E-state index contributed by atoms with van der Waals surface area (Å²) in [5.41, 5.74) is 0.116. The van der Waals surface area contributed by atoms with Crippen molar-refractivity contribution in [1.82, 2.24) is 15.1 Å². The van der Waals surface area contributed by atoms with Gasteiger partial charge in [-0.25, -0.2) is 9.59 Å². The van der Waals surface area contributed by atoms with Crippen molar-refractivity contribution in [1.29, 1.82) is 0 Å². The molecule has 152 valence electrons. The van der Waals surface area contributed by atoms with E-state index in [9.17, 15) is 9.59 Å². The van der Waals surface area contributed by atoms with Gasteiger partial charge in [0.25, 0.3) is 0 Å². The topological polar surface area (TPSA) is 61.9 Å². The molecule has 0 aromatic heterocycles. The number of nitrogens with one attached hydrogen (secondary N) is 1. The summed E-state index contributed by atoms with van der Waals surface area (Å²) >= 11 is 12.0. The van der Waals surface area contributed by atoms with E-state index >= 15 is 0 Å². The Morgan fingerprint density at radius 1 is 1.14 bits per heavy atom. The molecule has 28 heavy (non-hydrogen) atoms. The molecule has 1 heterocycles. The minimum absolute atomic E-state index is 0.215. The molecular weight excluding hydrogens is 401 g/mol. The van der Waals surface area contributed by atoms with Crippen molar-refractivity contribution in [3.8, 4) is 11.8 Å². The van der Waals surface area contributed by atoms with Gasteiger partial charge in [-0.15, -0.1) is 0 Å². The smallest absolute Gasteiger partial charge is 0.410 e. The van der Waals surface area contributed by atoms with Crippen LogP contribution in [-0.4, -0.2) is 59.7 Å². The van der Waals surface area contributed by atoms with Gasteiger partial charge in [0.2, 0.25) is 0 Å². The van der Waals surface area contributed by atoms with Crippen molar-refractivity contribution in [2.24, 2.45) is 0 Å². The van der Waals surface area contributed by atoms with E-state index in [0.717, 1.165) is 0 Å². The standard InChI is InChI=1S/C20H25Cl2N3O3/c1-14(5-6-15-7-8-16(21)13-17(15)22)23-18(26)24-9-11-25(12-10-24)19(27)28-20(2,3)4/h7-8,13-14H,9-12H2,1-4H3,(H,23,26). The van der Waals surface area contributed by atoms with Crippen molar-refractivity contribution in [2.75, 3.05) is 26.2 Å². The predicted octanol–water partition coefficient (Wildman–Crippen LogP) is 4.00. The Bertz CT molecular complexity index is 788. The molecule has 0 radical (unpaired) electrons. The number of nitrogens with zero attached hydrogens (tertiary/aromatic N) is 2. The highest BCUT2D eigenvalue weighted by Crippen LogP contribution is 2.20. The third-order valence-electron chi connectivity index (χ3n) is 3.91. The van der Waals surface area contributed by atoms with Gasteiger partial charge in [-0.1, -0.05) is 35.0 Å². The fourth-order valence-electron chi connectivity index (χ4n) is 2.51. The van der Waals surface area contributed by atoms with Gasteiger partial charge < -0.3 is 19.9 Å². The normalized spacial score (nSPS) is 15.4. The molecule has 2 rings (SSSR count). The molecule has 1 aromatic rings. The number of ether oxygens (including phenoxy) is 1. The second kappa shape index (κ2) is 9.40. The van der Waals surface area contributed by atoms with Crippen molar-refractivity contribution in [2.45, 2.75) is 39.3 Å². The average molecular weight is 426 g/mol. The summed E-state index contributed by atoms with van der Waals surface area (Å²) in [6.07, 6.45) is -0.355. The Balaban J connectivity index is 1.84. The second-order valence-electron chi connectivity index (χ2n) is 7.52. The first-order valence-corrected chi connectivity index (χ1v) is 9.81. The number of halogens is 2. The highest BCUT2D eigenvalue weighted by atomic mass is 35.5. The maximum absolute atomic E-state index is 12.4. The molecule has 0 saturated carbocycles. The van der Waals surface area contributed by atoms with Crippen molar-refractivity contribution >= 4 is 35.3 Å². The van der Waals surface area contributed by atoms with Crippen LogP contribution < -0.4 is 5.32 Å². The molecule has 1 atom stereocenters. The minimum Gasteiger partial charge on any atom is -0.444 e. The van der Waals surface area contributed by atoms with E-state index < -0.39 is 5.60 Å². The van der Waals surface area contributed by atoms with Gasteiger partial charge in [0.1, 0.15) is 5.60 Å². The SMILES string of the molecule is CC(C#Cc1ccc(Cl)cc1Cl)NC(=O)N1CCN(C(=O)OC(C)(C)C)CC1. The lowest BCUT2D eigenvalue weighted by atomic mass is 10.2. The maximum atomic E-state index is 12.4. The number of benzene rings is 1. The fourth-order valence-corrected chi connectivity index (χ4v) is 2.96. The van der Waals surface area contributed by atoms with E-state index in [1.807, 2.05) is 20.8 Å². The second-order valence-corrected chi connectivity index (χ2v) is 8.36. The third-order valence-corrected chi connectivity index (χ3v) is 4.46. The Morgan fingerprint density at radius 2 is 1.75 bits per heavy atom. The summed E-state index contributed by atoms with van der Waals surface area (Å²) in [6.45, 7) is 9.02. The van der Waals surface area contributed by atoms with E-state index in [-0.39, 0.29) is 18.2 Å². The molecule has 1 saturated heterocycles. The van der Waals surface area contributed by atoms with E-state index in [0.29, 0.717) is 41.8 Å². The Morgan fingerprint density at radius 3 is 2.32 bits per heavy atom. The van der Waals surface area contributed by atoms with Crippen LogP contribution in [0.4, 0.5) is 9.59 Å². The van der Waals surface area contributed by atoms with Crippen LogP contribution in [0.25, 0.3) is 0 Å². The Kier molecular flexibility index (Phi) is 7.45. The van der Waals surface area contributed by atoms with Crippen LogP contribution in [-0.2, 0) is 4.74 Å². The lowest BCUT2D eigenvalue weighted by Crippen LogP contribution is -2.54.